The number of nitrogens with one attached hydrogen (secondary N) is 1. The van der Waals surface area contributed by atoms with E-state index in [1.807, 2.05) is 23.9 Å². The molecule has 2 nitrogen and oxygen atoms in total. The number of halogens is 1. The largest absolute Gasteiger partial charge is 0.322 e. The summed E-state index contributed by atoms with van der Waals surface area (Å²) in [5, 5.41) is 4.22. The number of carbonyl (C=O) groups is 1. The fourth-order valence-electron chi connectivity index (χ4n) is 2.83. The molecule has 4 heteroatoms. The molecule has 23 heavy (non-hydrogen) atoms. The molecule has 0 atom stereocenters. The molecular weight excluding hydrogens is 326 g/mol. The van der Waals surface area contributed by atoms with E-state index in [1.54, 1.807) is 24.3 Å². The third-order valence-electron chi connectivity index (χ3n) is 4.05. The van der Waals surface area contributed by atoms with E-state index in [0.717, 1.165) is 10.9 Å². The summed E-state index contributed by atoms with van der Waals surface area (Å²) in [7, 11) is 0. The summed E-state index contributed by atoms with van der Waals surface area (Å²) < 4.78 is 0. The van der Waals surface area contributed by atoms with Crippen LogP contribution in [0.1, 0.15) is 42.5 Å². The van der Waals surface area contributed by atoms with Crippen molar-refractivity contribution < 1.29 is 4.79 Å². The second-order valence-corrected chi connectivity index (χ2v) is 7.68. The van der Waals surface area contributed by atoms with E-state index >= 15 is 0 Å². The molecule has 1 aliphatic carbocycles. The van der Waals surface area contributed by atoms with Crippen LogP contribution in [0.3, 0.4) is 0 Å². The highest BCUT2D eigenvalue weighted by Crippen LogP contribution is 2.33. The van der Waals surface area contributed by atoms with Gasteiger partial charge in [-0.05, 0) is 55.3 Å². The Labute approximate surface area is 146 Å². The van der Waals surface area contributed by atoms with Gasteiger partial charge in [0.2, 0.25) is 0 Å². The number of hydrogen-bond acceptors (Lipinski definition) is 2. The lowest BCUT2D eigenvalue weighted by Gasteiger charge is -2.20. The minimum absolute atomic E-state index is 0.139. The first-order chi connectivity index (χ1) is 11.2. The minimum Gasteiger partial charge on any atom is -0.322 e. The molecule has 2 aromatic carbocycles. The molecule has 0 aliphatic heterocycles. The lowest BCUT2D eigenvalue weighted by atomic mass is 10.0. The average molecular weight is 346 g/mol. The van der Waals surface area contributed by atoms with Crippen LogP contribution in [0.2, 0.25) is 5.02 Å². The second kappa shape index (κ2) is 7.89. The fraction of sp³-hybridized carbons (Fsp3) is 0.316. The average Bonchev–Trinajstić information content (AvgIpc) is 2.57. The standard InChI is InChI=1S/C19H20ClNOS/c20-15-6-4-5-14(13-15)19(22)21-16-9-11-18(12-10-16)23-17-7-2-1-3-8-17/h4-6,9-13,17H,1-3,7-8H2,(H,21,22). The van der Waals surface area contributed by atoms with Gasteiger partial charge in [0.15, 0.2) is 0 Å². The highest BCUT2D eigenvalue weighted by atomic mass is 35.5. The van der Waals surface area contributed by atoms with Crippen LogP contribution in [0.15, 0.2) is 53.4 Å². The van der Waals surface area contributed by atoms with Gasteiger partial charge in [-0.2, -0.15) is 0 Å². The van der Waals surface area contributed by atoms with E-state index in [9.17, 15) is 4.79 Å². The van der Waals surface area contributed by atoms with Crippen LogP contribution in [0.4, 0.5) is 5.69 Å². The van der Waals surface area contributed by atoms with E-state index in [0.29, 0.717) is 10.6 Å². The zero-order chi connectivity index (χ0) is 16.1. The van der Waals surface area contributed by atoms with Crippen molar-refractivity contribution in [2.24, 2.45) is 0 Å². The molecule has 120 valence electrons. The number of amides is 1. The molecule has 1 aliphatic rings. The highest BCUT2D eigenvalue weighted by molar-refractivity contribution is 8.00. The molecule has 0 saturated heterocycles. The van der Waals surface area contributed by atoms with Gasteiger partial charge in [0.05, 0.1) is 0 Å². The van der Waals surface area contributed by atoms with Crippen LogP contribution in [0.5, 0.6) is 0 Å². The van der Waals surface area contributed by atoms with E-state index in [-0.39, 0.29) is 5.91 Å². The summed E-state index contributed by atoms with van der Waals surface area (Å²) in [6.45, 7) is 0. The Morgan fingerprint density at radius 1 is 1.04 bits per heavy atom. The molecule has 1 amide bonds. The summed E-state index contributed by atoms with van der Waals surface area (Å²) in [5.41, 5.74) is 1.38. The quantitative estimate of drug-likeness (QED) is 0.734. The van der Waals surface area contributed by atoms with Crippen molar-refractivity contribution in [1.82, 2.24) is 0 Å². The number of thioether (sulfide) groups is 1. The normalized spacial score (nSPS) is 15.3. The van der Waals surface area contributed by atoms with Crippen LogP contribution in [0.25, 0.3) is 0 Å². The predicted molar refractivity (Wildman–Crippen MR) is 98.6 cm³/mol. The zero-order valence-electron chi connectivity index (χ0n) is 12.9. The van der Waals surface area contributed by atoms with Gasteiger partial charge in [-0.25, -0.2) is 0 Å². The Morgan fingerprint density at radius 3 is 2.48 bits per heavy atom. The van der Waals surface area contributed by atoms with E-state index < -0.39 is 0 Å². The lowest BCUT2D eigenvalue weighted by molar-refractivity contribution is 0.102. The van der Waals surface area contributed by atoms with Crippen molar-refractivity contribution in [1.29, 1.82) is 0 Å². The summed E-state index contributed by atoms with van der Waals surface area (Å²) in [6, 6.07) is 15.1. The maximum absolute atomic E-state index is 12.2. The van der Waals surface area contributed by atoms with Crippen LogP contribution in [0, 0.1) is 0 Å². The molecule has 0 aromatic heterocycles. The van der Waals surface area contributed by atoms with Gasteiger partial charge in [0, 0.05) is 26.4 Å². The third-order valence-corrected chi connectivity index (χ3v) is 5.64. The van der Waals surface area contributed by atoms with Gasteiger partial charge in [-0.1, -0.05) is 36.9 Å². The number of anilines is 1. The van der Waals surface area contributed by atoms with Crippen molar-refractivity contribution >= 4 is 35.0 Å². The molecule has 0 unspecified atom stereocenters. The first-order valence-electron chi connectivity index (χ1n) is 8.04. The van der Waals surface area contributed by atoms with Crippen molar-refractivity contribution in [3.05, 3.63) is 59.1 Å². The van der Waals surface area contributed by atoms with Crippen molar-refractivity contribution in [2.45, 2.75) is 42.2 Å². The first kappa shape index (κ1) is 16.4. The summed E-state index contributed by atoms with van der Waals surface area (Å²) >= 11 is 7.88. The predicted octanol–water partition coefficient (Wildman–Crippen LogP) is 6.02. The van der Waals surface area contributed by atoms with E-state index in [4.69, 9.17) is 11.6 Å². The van der Waals surface area contributed by atoms with Crippen LogP contribution in [-0.4, -0.2) is 11.2 Å². The highest BCUT2D eigenvalue weighted by Gasteiger charge is 2.14. The smallest absolute Gasteiger partial charge is 0.255 e. The molecule has 1 saturated carbocycles. The van der Waals surface area contributed by atoms with Crippen LogP contribution >= 0.6 is 23.4 Å². The Bertz CT molecular complexity index is 665. The van der Waals surface area contributed by atoms with Gasteiger partial charge in [0.1, 0.15) is 0 Å². The summed E-state index contributed by atoms with van der Waals surface area (Å²) in [5.74, 6) is -0.139. The topological polar surface area (TPSA) is 29.1 Å². The van der Waals surface area contributed by atoms with Gasteiger partial charge in [0.25, 0.3) is 5.91 Å². The monoisotopic (exact) mass is 345 g/mol. The Kier molecular flexibility index (Phi) is 5.63. The number of hydrogen-bond donors (Lipinski definition) is 1. The van der Waals surface area contributed by atoms with Crippen molar-refractivity contribution in [2.75, 3.05) is 5.32 Å². The van der Waals surface area contributed by atoms with E-state index in [1.165, 1.54) is 37.0 Å². The molecule has 0 radical (unpaired) electrons. The van der Waals surface area contributed by atoms with Gasteiger partial charge < -0.3 is 5.32 Å². The van der Waals surface area contributed by atoms with E-state index in [2.05, 4.69) is 17.4 Å². The Balaban J connectivity index is 1.59. The number of benzene rings is 2. The Morgan fingerprint density at radius 2 is 1.78 bits per heavy atom. The first-order valence-corrected chi connectivity index (χ1v) is 9.30. The minimum atomic E-state index is -0.139. The molecule has 0 heterocycles. The molecular formula is C19H20ClNOS. The van der Waals surface area contributed by atoms with Crippen LogP contribution in [-0.2, 0) is 0 Å². The van der Waals surface area contributed by atoms with Crippen molar-refractivity contribution in [3.63, 3.8) is 0 Å². The number of carbonyl (C=O) groups excluding carboxylic acids is 1. The maximum Gasteiger partial charge on any atom is 0.255 e. The van der Waals surface area contributed by atoms with Gasteiger partial charge in [-0.15, -0.1) is 11.8 Å². The zero-order valence-corrected chi connectivity index (χ0v) is 14.5. The van der Waals surface area contributed by atoms with Crippen molar-refractivity contribution in [3.8, 4) is 0 Å². The third kappa shape index (κ3) is 4.76. The lowest BCUT2D eigenvalue weighted by Crippen LogP contribution is -2.11. The summed E-state index contributed by atoms with van der Waals surface area (Å²) in [4.78, 5) is 13.5. The molecule has 2 aromatic rings. The van der Waals surface area contributed by atoms with Gasteiger partial charge in [-0.3, -0.25) is 4.79 Å². The van der Waals surface area contributed by atoms with Crippen LogP contribution < -0.4 is 5.32 Å². The van der Waals surface area contributed by atoms with Gasteiger partial charge >= 0.3 is 0 Å². The molecule has 1 fully saturated rings. The fourth-order valence-corrected chi connectivity index (χ4v) is 4.26. The molecule has 0 bridgehead atoms. The summed E-state index contributed by atoms with van der Waals surface area (Å²) in [6.07, 6.45) is 6.72. The molecule has 3 rings (SSSR count). The second-order valence-electron chi connectivity index (χ2n) is 5.87. The SMILES string of the molecule is O=C(Nc1ccc(SC2CCCCC2)cc1)c1cccc(Cl)c1. The molecule has 1 N–H and O–H groups in total. The molecule has 0 spiro atoms. The number of rotatable bonds is 4. The Hall–Kier alpha value is -1.45. The maximum atomic E-state index is 12.2.